The van der Waals surface area contributed by atoms with Crippen molar-refractivity contribution in [3.05, 3.63) is 22.4 Å². The normalized spacial score (nSPS) is 20.5. The van der Waals surface area contributed by atoms with Gasteiger partial charge in [0.25, 0.3) is 0 Å². The lowest BCUT2D eigenvalue weighted by atomic mass is 10.1. The fourth-order valence-corrected chi connectivity index (χ4v) is 4.24. The number of amides is 1. The third-order valence-electron chi connectivity index (χ3n) is 4.87. The van der Waals surface area contributed by atoms with E-state index in [4.69, 9.17) is 0 Å². The first-order valence-electron chi connectivity index (χ1n) is 8.32. The smallest absolute Gasteiger partial charge is 0.223 e. The van der Waals surface area contributed by atoms with E-state index < -0.39 is 0 Å². The van der Waals surface area contributed by atoms with Gasteiger partial charge in [0.1, 0.15) is 0 Å². The van der Waals surface area contributed by atoms with Crippen LogP contribution in [0.1, 0.15) is 48.2 Å². The highest BCUT2D eigenvalue weighted by atomic mass is 32.1. The molecule has 2 heterocycles. The Kier molecular flexibility index (Phi) is 5.26. The molecule has 1 saturated carbocycles. The van der Waals surface area contributed by atoms with Crippen LogP contribution in [0.2, 0.25) is 0 Å². The van der Waals surface area contributed by atoms with Crippen LogP contribution in [0, 0.1) is 0 Å². The number of thiophene rings is 1. The molecule has 1 saturated heterocycles. The SMILES string of the molecule is O=C(CCC(=O)N1CCN(C2CCCC2)CC1)c1cccs1. The number of hydrogen-bond acceptors (Lipinski definition) is 4. The minimum absolute atomic E-state index is 0.0907. The summed E-state index contributed by atoms with van der Waals surface area (Å²) >= 11 is 1.45. The Balaban J connectivity index is 1.41. The van der Waals surface area contributed by atoms with Crippen molar-refractivity contribution in [2.75, 3.05) is 26.2 Å². The predicted octanol–water partition coefficient (Wildman–Crippen LogP) is 2.80. The quantitative estimate of drug-likeness (QED) is 0.783. The molecule has 0 bridgehead atoms. The van der Waals surface area contributed by atoms with Crippen molar-refractivity contribution in [2.24, 2.45) is 0 Å². The van der Waals surface area contributed by atoms with Crippen LogP contribution in [-0.2, 0) is 4.79 Å². The third-order valence-corrected chi connectivity index (χ3v) is 5.78. The van der Waals surface area contributed by atoms with E-state index in [0.717, 1.165) is 37.1 Å². The molecule has 3 rings (SSSR count). The minimum atomic E-state index is 0.0907. The largest absolute Gasteiger partial charge is 0.340 e. The standard InChI is InChI=1S/C17H24N2O2S/c20-15(16-6-3-13-22-16)7-8-17(21)19-11-9-18(10-12-19)14-4-1-2-5-14/h3,6,13-14H,1-2,4-5,7-12H2. The molecule has 1 aromatic heterocycles. The van der Waals surface area contributed by atoms with Gasteiger partial charge in [0, 0.05) is 45.1 Å². The summed E-state index contributed by atoms with van der Waals surface area (Å²) < 4.78 is 0. The number of ketones is 1. The number of piperazine rings is 1. The number of nitrogens with zero attached hydrogens (tertiary/aromatic N) is 2. The zero-order valence-electron chi connectivity index (χ0n) is 13.0. The van der Waals surface area contributed by atoms with Gasteiger partial charge < -0.3 is 4.90 Å². The van der Waals surface area contributed by atoms with Crippen LogP contribution in [0.3, 0.4) is 0 Å². The van der Waals surface area contributed by atoms with E-state index in [1.54, 1.807) is 0 Å². The van der Waals surface area contributed by atoms with Crippen LogP contribution in [0.5, 0.6) is 0 Å². The van der Waals surface area contributed by atoms with Gasteiger partial charge in [0.15, 0.2) is 5.78 Å². The molecule has 120 valence electrons. The molecule has 5 heteroatoms. The first-order valence-corrected chi connectivity index (χ1v) is 9.20. The first kappa shape index (κ1) is 15.7. The molecule has 1 aliphatic carbocycles. The van der Waals surface area contributed by atoms with Gasteiger partial charge in [0.05, 0.1) is 4.88 Å². The average molecular weight is 320 g/mol. The van der Waals surface area contributed by atoms with Gasteiger partial charge in [-0.2, -0.15) is 0 Å². The van der Waals surface area contributed by atoms with E-state index in [-0.39, 0.29) is 11.7 Å². The maximum Gasteiger partial charge on any atom is 0.223 e. The summed E-state index contributed by atoms with van der Waals surface area (Å²) in [6.45, 7) is 3.63. The van der Waals surface area contributed by atoms with Gasteiger partial charge in [-0.25, -0.2) is 0 Å². The Morgan fingerprint density at radius 3 is 2.45 bits per heavy atom. The van der Waals surface area contributed by atoms with Crippen LogP contribution in [0.15, 0.2) is 17.5 Å². The number of rotatable bonds is 5. The number of Topliss-reactive ketones (excluding diaryl/α,β-unsaturated/α-hetero) is 1. The molecular formula is C17H24N2O2S. The molecule has 0 N–H and O–H groups in total. The fraction of sp³-hybridized carbons (Fsp3) is 0.647. The Bertz CT molecular complexity index is 501. The van der Waals surface area contributed by atoms with E-state index in [1.165, 1.54) is 37.0 Å². The summed E-state index contributed by atoms with van der Waals surface area (Å²) in [6, 6.07) is 4.46. The summed E-state index contributed by atoms with van der Waals surface area (Å²) in [6.07, 6.45) is 6.04. The molecular weight excluding hydrogens is 296 g/mol. The second-order valence-corrected chi connectivity index (χ2v) is 7.20. The average Bonchev–Trinajstić information content (AvgIpc) is 3.25. The fourth-order valence-electron chi connectivity index (χ4n) is 3.54. The second-order valence-electron chi connectivity index (χ2n) is 6.26. The van der Waals surface area contributed by atoms with Gasteiger partial charge in [-0.05, 0) is 24.3 Å². The molecule has 1 amide bonds. The summed E-state index contributed by atoms with van der Waals surface area (Å²) in [5, 5.41) is 1.90. The lowest BCUT2D eigenvalue weighted by molar-refractivity contribution is -0.133. The van der Waals surface area contributed by atoms with Gasteiger partial charge in [-0.1, -0.05) is 18.9 Å². The van der Waals surface area contributed by atoms with Crippen LogP contribution in [0.4, 0.5) is 0 Å². The molecule has 1 aliphatic heterocycles. The summed E-state index contributed by atoms with van der Waals surface area (Å²) in [7, 11) is 0. The zero-order chi connectivity index (χ0) is 15.4. The van der Waals surface area contributed by atoms with E-state index in [2.05, 4.69) is 4.90 Å². The molecule has 0 spiro atoms. The van der Waals surface area contributed by atoms with Crippen molar-refractivity contribution < 1.29 is 9.59 Å². The predicted molar refractivity (Wildman–Crippen MR) is 88.3 cm³/mol. The Morgan fingerprint density at radius 2 is 1.82 bits per heavy atom. The maximum absolute atomic E-state index is 12.3. The highest BCUT2D eigenvalue weighted by molar-refractivity contribution is 7.12. The molecule has 4 nitrogen and oxygen atoms in total. The second kappa shape index (κ2) is 7.38. The van der Waals surface area contributed by atoms with Crippen molar-refractivity contribution in [1.82, 2.24) is 9.80 Å². The van der Waals surface area contributed by atoms with Crippen LogP contribution in [-0.4, -0.2) is 53.7 Å². The Labute approximate surface area is 136 Å². The van der Waals surface area contributed by atoms with Crippen LogP contribution >= 0.6 is 11.3 Å². The third kappa shape index (κ3) is 3.76. The molecule has 0 atom stereocenters. The Morgan fingerprint density at radius 1 is 1.09 bits per heavy atom. The number of hydrogen-bond donors (Lipinski definition) is 0. The lowest BCUT2D eigenvalue weighted by Crippen LogP contribution is -2.51. The molecule has 2 aliphatic rings. The maximum atomic E-state index is 12.3. The van der Waals surface area contributed by atoms with Crippen molar-refractivity contribution in [3.8, 4) is 0 Å². The number of carbonyl (C=O) groups is 2. The van der Waals surface area contributed by atoms with Gasteiger partial charge >= 0.3 is 0 Å². The van der Waals surface area contributed by atoms with E-state index in [1.807, 2.05) is 22.4 Å². The summed E-state index contributed by atoms with van der Waals surface area (Å²) in [5.41, 5.74) is 0. The van der Waals surface area contributed by atoms with Crippen molar-refractivity contribution >= 4 is 23.0 Å². The summed E-state index contributed by atoms with van der Waals surface area (Å²) in [5.74, 6) is 0.226. The molecule has 0 radical (unpaired) electrons. The Hall–Kier alpha value is -1.20. The van der Waals surface area contributed by atoms with E-state index >= 15 is 0 Å². The van der Waals surface area contributed by atoms with Crippen LogP contribution in [0.25, 0.3) is 0 Å². The lowest BCUT2D eigenvalue weighted by Gasteiger charge is -2.38. The topological polar surface area (TPSA) is 40.6 Å². The van der Waals surface area contributed by atoms with E-state index in [0.29, 0.717) is 12.8 Å². The zero-order valence-corrected chi connectivity index (χ0v) is 13.8. The van der Waals surface area contributed by atoms with Gasteiger partial charge in [-0.3, -0.25) is 14.5 Å². The van der Waals surface area contributed by atoms with Gasteiger partial charge in [0.2, 0.25) is 5.91 Å². The molecule has 0 unspecified atom stereocenters. The molecule has 22 heavy (non-hydrogen) atoms. The molecule has 1 aromatic rings. The highest BCUT2D eigenvalue weighted by Crippen LogP contribution is 2.24. The molecule has 0 aromatic carbocycles. The monoisotopic (exact) mass is 320 g/mol. The first-order chi connectivity index (χ1) is 10.7. The minimum Gasteiger partial charge on any atom is -0.340 e. The van der Waals surface area contributed by atoms with Crippen molar-refractivity contribution in [1.29, 1.82) is 0 Å². The van der Waals surface area contributed by atoms with Gasteiger partial charge in [-0.15, -0.1) is 11.3 Å². The highest BCUT2D eigenvalue weighted by Gasteiger charge is 2.27. The van der Waals surface area contributed by atoms with E-state index in [9.17, 15) is 9.59 Å². The van der Waals surface area contributed by atoms with Crippen LogP contribution < -0.4 is 0 Å². The summed E-state index contributed by atoms with van der Waals surface area (Å²) in [4.78, 5) is 29.5. The molecule has 2 fully saturated rings. The number of carbonyl (C=O) groups excluding carboxylic acids is 2. The van der Waals surface area contributed by atoms with Crippen molar-refractivity contribution in [3.63, 3.8) is 0 Å². The van der Waals surface area contributed by atoms with Crippen molar-refractivity contribution in [2.45, 2.75) is 44.6 Å².